The Hall–Kier alpha value is -5.20. The summed E-state index contributed by atoms with van der Waals surface area (Å²) >= 11 is 0. The van der Waals surface area contributed by atoms with E-state index in [1.807, 2.05) is 65.5 Å². The van der Waals surface area contributed by atoms with Crippen LogP contribution in [-0.2, 0) is 27.2 Å². The van der Waals surface area contributed by atoms with Gasteiger partial charge in [0.25, 0.3) is 5.91 Å². The van der Waals surface area contributed by atoms with Gasteiger partial charge in [-0.25, -0.2) is 0 Å². The maximum Gasteiger partial charge on any atom is 0.261 e. The molecule has 3 aliphatic heterocycles. The minimum absolute atomic E-state index is 0.0142. The van der Waals surface area contributed by atoms with Crippen LogP contribution in [0, 0.1) is 5.92 Å². The van der Waals surface area contributed by atoms with Crippen molar-refractivity contribution in [1.29, 1.82) is 0 Å². The van der Waals surface area contributed by atoms with Gasteiger partial charge in [-0.05, 0) is 88.9 Å². The molecule has 2 fully saturated rings. The number of benzene rings is 3. The number of allylic oxidation sites excluding steroid dienone is 2. The van der Waals surface area contributed by atoms with Crippen molar-refractivity contribution in [3.05, 3.63) is 124 Å². The summed E-state index contributed by atoms with van der Waals surface area (Å²) in [6, 6.07) is 20.6. The maximum absolute atomic E-state index is 13.8. The lowest BCUT2D eigenvalue weighted by atomic mass is 9.95. The Kier molecular flexibility index (Phi) is 11.4. The number of pyridine rings is 1. The van der Waals surface area contributed by atoms with Crippen molar-refractivity contribution >= 4 is 22.7 Å². The van der Waals surface area contributed by atoms with Gasteiger partial charge < -0.3 is 45.0 Å². The van der Waals surface area contributed by atoms with Gasteiger partial charge in [0, 0.05) is 49.6 Å². The number of dihydropyridines is 1. The van der Waals surface area contributed by atoms with Crippen LogP contribution in [0.5, 0.6) is 11.5 Å². The van der Waals surface area contributed by atoms with Crippen molar-refractivity contribution in [2.75, 3.05) is 45.0 Å². The van der Waals surface area contributed by atoms with E-state index < -0.39 is 12.1 Å². The van der Waals surface area contributed by atoms with E-state index in [0.29, 0.717) is 62.5 Å². The average molecular weight is 719 g/mol. The number of aromatic hydroxyl groups is 1. The second-order valence-corrected chi connectivity index (χ2v) is 13.7. The third-order valence-electron chi connectivity index (χ3n) is 9.95. The number of hydrogen-bond acceptors (Lipinski definition) is 9. The van der Waals surface area contributed by atoms with Crippen LogP contribution in [0.25, 0.3) is 22.3 Å². The van der Waals surface area contributed by atoms with Gasteiger partial charge in [0.05, 0.1) is 19.8 Å². The molecule has 4 aromatic rings. The van der Waals surface area contributed by atoms with E-state index in [1.54, 1.807) is 30.5 Å². The number of rotatable bonds is 11. The highest BCUT2D eigenvalue weighted by molar-refractivity contribution is 6.04. The molecule has 5 N–H and O–H groups in total. The first-order chi connectivity index (χ1) is 25.8. The van der Waals surface area contributed by atoms with Crippen LogP contribution >= 0.6 is 0 Å². The predicted molar refractivity (Wildman–Crippen MR) is 205 cm³/mol. The maximum atomic E-state index is 13.8. The van der Waals surface area contributed by atoms with Crippen molar-refractivity contribution in [2.24, 2.45) is 11.7 Å². The Morgan fingerprint density at radius 1 is 0.962 bits per heavy atom. The van der Waals surface area contributed by atoms with Gasteiger partial charge in [-0.3, -0.25) is 9.59 Å². The summed E-state index contributed by atoms with van der Waals surface area (Å²) in [6.45, 7) is 6.06. The molecule has 0 spiro atoms. The van der Waals surface area contributed by atoms with Crippen molar-refractivity contribution in [1.82, 2.24) is 9.88 Å². The van der Waals surface area contributed by atoms with Crippen molar-refractivity contribution < 1.29 is 28.8 Å². The molecule has 11 heteroatoms. The number of carbonyl (C=O) groups is 1. The van der Waals surface area contributed by atoms with E-state index in [9.17, 15) is 14.7 Å². The van der Waals surface area contributed by atoms with E-state index in [2.05, 4.69) is 17.6 Å². The molecule has 0 saturated carbocycles. The summed E-state index contributed by atoms with van der Waals surface area (Å²) in [5.41, 5.74) is 12.5. The standard InChI is InChI=1S/C42H46N4O7/c1-2-27-3-5-30(6-4-27)36-23-46(22-28-13-15-50-16-14-28)24-37(40(36)48)42(49)45-33-10-7-29(8-11-33)35-19-32(21-44-41(35)43)31-9-12-39(38(47)20-31)53-26-34-25-51-17-18-52-34/h3-12,19-21,23-24,28,34,41,44,47H,2,13-18,22,25-26,43H2,1H3,(H,45,49)/t34-,41?/m1/s1. The van der Waals surface area contributed by atoms with Gasteiger partial charge in [-0.1, -0.05) is 49.4 Å². The normalized spacial score (nSPS) is 19.1. The summed E-state index contributed by atoms with van der Waals surface area (Å²) in [6.07, 6.45) is 9.44. The number of nitrogens with one attached hydrogen (secondary N) is 2. The number of anilines is 1. The largest absolute Gasteiger partial charge is 0.504 e. The summed E-state index contributed by atoms with van der Waals surface area (Å²) in [5, 5.41) is 16.9. The van der Waals surface area contributed by atoms with Crippen molar-refractivity contribution in [3.8, 4) is 22.6 Å². The first-order valence-electron chi connectivity index (χ1n) is 18.3. The van der Waals surface area contributed by atoms with E-state index in [4.69, 9.17) is 24.7 Å². The van der Waals surface area contributed by atoms with Crippen molar-refractivity contribution in [3.63, 3.8) is 0 Å². The molecule has 276 valence electrons. The van der Waals surface area contributed by atoms with Gasteiger partial charge in [0.1, 0.15) is 24.4 Å². The number of nitrogens with zero attached hydrogens (tertiary/aromatic N) is 1. The highest BCUT2D eigenvalue weighted by atomic mass is 16.6. The number of carbonyl (C=O) groups excluding carboxylic acids is 1. The fourth-order valence-corrected chi connectivity index (χ4v) is 6.83. The molecule has 1 amide bonds. The van der Waals surface area contributed by atoms with Crippen LogP contribution in [0.2, 0.25) is 0 Å². The summed E-state index contributed by atoms with van der Waals surface area (Å²) < 4.78 is 24.4. The monoisotopic (exact) mass is 718 g/mol. The zero-order valence-electron chi connectivity index (χ0n) is 29.9. The van der Waals surface area contributed by atoms with Crippen LogP contribution in [0.15, 0.2) is 96.2 Å². The van der Waals surface area contributed by atoms with Crippen LogP contribution < -0.4 is 26.5 Å². The van der Waals surface area contributed by atoms with Crippen LogP contribution in [0.4, 0.5) is 5.69 Å². The minimum Gasteiger partial charge on any atom is -0.504 e. The number of aryl methyl sites for hydroxylation is 1. The lowest BCUT2D eigenvalue weighted by molar-refractivity contribution is -0.101. The first kappa shape index (κ1) is 36.2. The molecule has 0 bridgehead atoms. The van der Waals surface area contributed by atoms with Crippen LogP contribution in [-0.4, -0.2) is 67.5 Å². The quantitative estimate of drug-likeness (QED) is 0.156. The molecule has 4 heterocycles. The number of nitrogens with two attached hydrogens (primary N) is 1. The van der Waals surface area contributed by atoms with Gasteiger partial charge in [0.15, 0.2) is 11.5 Å². The molecule has 1 unspecified atom stereocenters. The molecule has 7 rings (SSSR count). The predicted octanol–water partition coefficient (Wildman–Crippen LogP) is 5.57. The SMILES string of the molecule is CCc1ccc(-c2cn(CC3CCOCC3)cc(C(=O)Nc3ccc(C4=CC(c5ccc(OC[C@H]6COCCO6)c(O)c5)=CNC4N)cc3)c2=O)cc1. The third kappa shape index (κ3) is 8.72. The van der Waals surface area contributed by atoms with Gasteiger partial charge in [-0.2, -0.15) is 0 Å². The number of aromatic nitrogens is 1. The fourth-order valence-electron chi connectivity index (χ4n) is 6.83. The Morgan fingerprint density at radius 2 is 1.72 bits per heavy atom. The third-order valence-corrected chi connectivity index (χ3v) is 9.95. The Labute approximate surface area is 309 Å². The molecule has 53 heavy (non-hydrogen) atoms. The lowest BCUT2D eigenvalue weighted by Crippen LogP contribution is -2.36. The highest BCUT2D eigenvalue weighted by Crippen LogP contribution is 2.33. The summed E-state index contributed by atoms with van der Waals surface area (Å²) in [5.74, 6) is 0.307. The second-order valence-electron chi connectivity index (χ2n) is 13.7. The summed E-state index contributed by atoms with van der Waals surface area (Å²) in [4.78, 5) is 27.6. The smallest absolute Gasteiger partial charge is 0.261 e. The molecular weight excluding hydrogens is 672 g/mol. The topological polar surface area (TPSA) is 146 Å². The summed E-state index contributed by atoms with van der Waals surface area (Å²) in [7, 11) is 0. The number of hydrogen-bond donors (Lipinski definition) is 4. The molecular formula is C42H46N4O7. The van der Waals surface area contributed by atoms with Crippen LogP contribution in [0.3, 0.4) is 0 Å². The second kappa shape index (κ2) is 16.6. The zero-order valence-corrected chi connectivity index (χ0v) is 29.9. The lowest BCUT2D eigenvalue weighted by Gasteiger charge is -2.24. The van der Waals surface area contributed by atoms with Gasteiger partial charge in [0.2, 0.25) is 5.43 Å². The Bertz CT molecular complexity index is 2030. The molecule has 0 aliphatic carbocycles. The van der Waals surface area contributed by atoms with E-state index >= 15 is 0 Å². The first-order valence-corrected chi connectivity index (χ1v) is 18.3. The minimum atomic E-state index is -0.476. The molecule has 11 nitrogen and oxygen atoms in total. The molecule has 1 aromatic heterocycles. The molecule has 3 aromatic carbocycles. The fraction of sp³-hybridized carbons (Fsp3) is 0.333. The number of phenols is 1. The van der Waals surface area contributed by atoms with E-state index in [1.165, 1.54) is 5.56 Å². The van der Waals surface area contributed by atoms with Crippen LogP contribution in [0.1, 0.15) is 46.8 Å². The number of amides is 1. The van der Waals surface area contributed by atoms with Gasteiger partial charge >= 0.3 is 0 Å². The molecule has 2 saturated heterocycles. The van der Waals surface area contributed by atoms with E-state index in [0.717, 1.165) is 47.1 Å². The Balaban J connectivity index is 1.07. The molecule has 0 radical (unpaired) electrons. The van der Waals surface area contributed by atoms with Crippen molar-refractivity contribution in [2.45, 2.75) is 45.0 Å². The van der Waals surface area contributed by atoms with Gasteiger partial charge in [-0.15, -0.1) is 0 Å². The average Bonchev–Trinajstić information content (AvgIpc) is 3.19. The van der Waals surface area contributed by atoms with E-state index in [-0.39, 0.29) is 29.5 Å². The highest BCUT2D eigenvalue weighted by Gasteiger charge is 2.22. The number of phenolic OH excluding ortho intramolecular Hbond substituents is 1. The molecule has 2 atom stereocenters. The molecule has 3 aliphatic rings. The zero-order chi connectivity index (χ0) is 36.7. The Morgan fingerprint density at radius 3 is 2.43 bits per heavy atom. The number of ether oxygens (including phenoxy) is 4.